The van der Waals surface area contributed by atoms with E-state index in [-0.39, 0.29) is 22.8 Å². The monoisotopic (exact) mass is 263 g/mol. The number of hydrogen-bond acceptors (Lipinski definition) is 3. The Hall–Kier alpha value is -1.62. The summed E-state index contributed by atoms with van der Waals surface area (Å²) in [4.78, 5) is 12.0. The number of rotatable bonds is 2. The van der Waals surface area contributed by atoms with Gasteiger partial charge in [-0.1, -0.05) is 29.8 Å². The third-order valence-electron chi connectivity index (χ3n) is 3.52. The molecule has 1 aliphatic heterocycles. The Morgan fingerprint density at radius 3 is 2.56 bits per heavy atom. The van der Waals surface area contributed by atoms with Gasteiger partial charge >= 0.3 is 0 Å². The van der Waals surface area contributed by atoms with Gasteiger partial charge in [0.1, 0.15) is 0 Å². The number of sulfonamides is 1. The number of hydrogen-bond donors (Lipinski definition) is 0. The van der Waals surface area contributed by atoms with Gasteiger partial charge in [0.2, 0.25) is 5.91 Å². The fourth-order valence-electron chi connectivity index (χ4n) is 2.46. The Labute approximate surface area is 106 Å². The lowest BCUT2D eigenvalue weighted by Gasteiger charge is -2.41. The average Bonchev–Trinajstić information content (AvgIpc) is 2.72. The first kappa shape index (κ1) is 11.5. The van der Waals surface area contributed by atoms with Crippen LogP contribution in [0.5, 0.6) is 0 Å². The van der Waals surface area contributed by atoms with Gasteiger partial charge in [-0.15, -0.1) is 0 Å². The molecule has 94 valence electrons. The number of allylic oxidation sites excluding steroid dienone is 1. The summed E-state index contributed by atoms with van der Waals surface area (Å²) in [6.45, 7) is 1.89. The van der Waals surface area contributed by atoms with E-state index in [0.29, 0.717) is 6.42 Å². The van der Waals surface area contributed by atoms with E-state index < -0.39 is 10.0 Å². The Kier molecular flexibility index (Phi) is 2.35. The average molecular weight is 263 g/mol. The molecule has 4 nitrogen and oxygen atoms in total. The minimum atomic E-state index is -3.69. The van der Waals surface area contributed by atoms with Crippen LogP contribution < -0.4 is 0 Å². The minimum Gasteiger partial charge on any atom is -0.273 e. The van der Waals surface area contributed by atoms with Crippen molar-refractivity contribution in [3.8, 4) is 0 Å². The number of aryl methyl sites for hydroxylation is 1. The van der Waals surface area contributed by atoms with Crippen LogP contribution in [0.2, 0.25) is 0 Å². The summed E-state index contributed by atoms with van der Waals surface area (Å²) in [5.74, 6) is -0.448. The van der Waals surface area contributed by atoms with Crippen LogP contribution in [0, 0.1) is 12.8 Å². The Morgan fingerprint density at radius 2 is 1.89 bits per heavy atom. The van der Waals surface area contributed by atoms with E-state index in [1.807, 2.05) is 13.0 Å². The predicted molar refractivity (Wildman–Crippen MR) is 66.2 cm³/mol. The number of carbonyl (C=O) groups excluding carboxylic acids is 1. The van der Waals surface area contributed by atoms with Crippen LogP contribution in [0.4, 0.5) is 0 Å². The molecule has 0 N–H and O–H groups in total. The second-order valence-corrected chi connectivity index (χ2v) is 6.53. The van der Waals surface area contributed by atoms with Crippen molar-refractivity contribution in [2.24, 2.45) is 5.92 Å². The highest BCUT2D eigenvalue weighted by Crippen LogP contribution is 2.39. The Balaban J connectivity index is 1.98. The molecule has 1 aromatic carbocycles. The highest BCUT2D eigenvalue weighted by molar-refractivity contribution is 7.89. The summed E-state index contributed by atoms with van der Waals surface area (Å²) < 4.78 is 25.7. The number of benzene rings is 1. The summed E-state index contributed by atoms with van der Waals surface area (Å²) in [6.07, 6.45) is 4.33. The predicted octanol–water partition coefficient (Wildman–Crippen LogP) is 1.47. The molecular weight excluding hydrogens is 250 g/mol. The lowest BCUT2D eigenvalue weighted by Crippen LogP contribution is -2.60. The van der Waals surface area contributed by atoms with Crippen molar-refractivity contribution < 1.29 is 13.2 Å². The third kappa shape index (κ3) is 1.43. The summed E-state index contributed by atoms with van der Waals surface area (Å²) in [7, 11) is -3.69. The first-order valence-corrected chi connectivity index (χ1v) is 7.27. The van der Waals surface area contributed by atoms with Crippen molar-refractivity contribution in [2.45, 2.75) is 24.3 Å². The highest BCUT2D eigenvalue weighted by Gasteiger charge is 2.53. The zero-order valence-electron chi connectivity index (χ0n) is 9.91. The van der Waals surface area contributed by atoms with E-state index in [1.54, 1.807) is 30.3 Å². The Morgan fingerprint density at radius 1 is 1.22 bits per heavy atom. The van der Waals surface area contributed by atoms with Crippen LogP contribution in [0.15, 0.2) is 41.3 Å². The first-order chi connectivity index (χ1) is 8.51. The van der Waals surface area contributed by atoms with E-state index in [4.69, 9.17) is 0 Å². The first-order valence-electron chi connectivity index (χ1n) is 5.83. The summed E-state index contributed by atoms with van der Waals surface area (Å²) in [5, 5.41) is 0. The molecule has 1 aromatic rings. The second-order valence-electron chi connectivity index (χ2n) is 4.71. The van der Waals surface area contributed by atoms with Crippen molar-refractivity contribution in [1.29, 1.82) is 0 Å². The molecule has 2 atom stereocenters. The van der Waals surface area contributed by atoms with Crippen LogP contribution >= 0.6 is 0 Å². The highest BCUT2D eigenvalue weighted by atomic mass is 32.2. The minimum absolute atomic E-state index is 0.162. The summed E-state index contributed by atoms with van der Waals surface area (Å²) in [6, 6.07) is 6.29. The topological polar surface area (TPSA) is 54.5 Å². The van der Waals surface area contributed by atoms with E-state index in [2.05, 4.69) is 0 Å². The van der Waals surface area contributed by atoms with Crippen LogP contribution in [-0.2, 0) is 14.8 Å². The summed E-state index contributed by atoms with van der Waals surface area (Å²) in [5.41, 5.74) is 0.988. The maximum Gasteiger partial charge on any atom is 0.267 e. The van der Waals surface area contributed by atoms with Crippen molar-refractivity contribution in [3.63, 3.8) is 0 Å². The molecule has 1 heterocycles. The van der Waals surface area contributed by atoms with Gasteiger partial charge in [-0.3, -0.25) is 4.79 Å². The molecule has 1 aliphatic carbocycles. The molecule has 0 saturated carbocycles. The molecule has 18 heavy (non-hydrogen) atoms. The molecule has 1 saturated heterocycles. The largest absolute Gasteiger partial charge is 0.273 e. The molecule has 2 unspecified atom stereocenters. The van der Waals surface area contributed by atoms with E-state index in [9.17, 15) is 13.2 Å². The SMILES string of the molecule is Cc1ccc(S(=O)(=O)N2C(=O)C3CC=CC32)cc1. The maximum absolute atomic E-state index is 12.4. The molecule has 0 aromatic heterocycles. The van der Waals surface area contributed by atoms with E-state index in [0.717, 1.165) is 9.87 Å². The number of β-lactam (4-membered cyclic amide) rings is 1. The van der Waals surface area contributed by atoms with Gasteiger partial charge in [0.05, 0.1) is 16.9 Å². The molecule has 3 rings (SSSR count). The molecule has 1 fully saturated rings. The molecule has 1 amide bonds. The lowest BCUT2D eigenvalue weighted by molar-refractivity contribution is -0.142. The van der Waals surface area contributed by atoms with Crippen LogP contribution in [0.25, 0.3) is 0 Å². The molecule has 0 spiro atoms. The zero-order chi connectivity index (χ0) is 12.9. The third-order valence-corrected chi connectivity index (χ3v) is 5.33. The van der Waals surface area contributed by atoms with Gasteiger partial charge in [-0.05, 0) is 25.5 Å². The van der Waals surface area contributed by atoms with Crippen LogP contribution in [0.3, 0.4) is 0 Å². The molecule has 0 bridgehead atoms. The van der Waals surface area contributed by atoms with Crippen molar-refractivity contribution in [3.05, 3.63) is 42.0 Å². The smallest absolute Gasteiger partial charge is 0.267 e. The van der Waals surface area contributed by atoms with Gasteiger partial charge < -0.3 is 0 Å². The van der Waals surface area contributed by atoms with Crippen molar-refractivity contribution in [2.75, 3.05) is 0 Å². The zero-order valence-corrected chi connectivity index (χ0v) is 10.7. The fraction of sp³-hybridized carbons (Fsp3) is 0.308. The molecular formula is C13H13NO3S. The standard InChI is InChI=1S/C13H13NO3S/c1-9-5-7-10(8-6-9)18(16,17)14-12-4-2-3-11(12)13(14)15/h2,4-8,11-12H,3H2,1H3. The van der Waals surface area contributed by atoms with Gasteiger partial charge in [-0.2, -0.15) is 0 Å². The van der Waals surface area contributed by atoms with Gasteiger partial charge in [0.15, 0.2) is 0 Å². The van der Waals surface area contributed by atoms with E-state index >= 15 is 0 Å². The number of fused-ring (bicyclic) bond motifs is 1. The maximum atomic E-state index is 12.4. The lowest BCUT2D eigenvalue weighted by atomic mass is 9.94. The van der Waals surface area contributed by atoms with Gasteiger partial charge in [0, 0.05) is 0 Å². The quantitative estimate of drug-likeness (QED) is 0.600. The molecule has 0 radical (unpaired) electrons. The number of amides is 1. The van der Waals surface area contributed by atoms with Crippen LogP contribution in [-0.4, -0.2) is 24.7 Å². The molecule has 2 aliphatic rings. The number of carbonyl (C=O) groups is 1. The van der Waals surface area contributed by atoms with Crippen molar-refractivity contribution in [1.82, 2.24) is 4.31 Å². The number of nitrogens with zero attached hydrogens (tertiary/aromatic N) is 1. The second kappa shape index (κ2) is 3.68. The van der Waals surface area contributed by atoms with Crippen molar-refractivity contribution >= 4 is 15.9 Å². The fourth-order valence-corrected chi connectivity index (χ4v) is 4.07. The van der Waals surface area contributed by atoms with Crippen LogP contribution in [0.1, 0.15) is 12.0 Å². The summed E-state index contributed by atoms with van der Waals surface area (Å²) >= 11 is 0. The van der Waals surface area contributed by atoms with Gasteiger partial charge in [0.25, 0.3) is 10.0 Å². The van der Waals surface area contributed by atoms with Gasteiger partial charge in [-0.25, -0.2) is 12.7 Å². The van der Waals surface area contributed by atoms with E-state index in [1.165, 1.54) is 0 Å². The normalized spacial score (nSPS) is 26.1. The molecule has 5 heteroatoms. The Bertz CT molecular complexity index is 631.